The van der Waals surface area contributed by atoms with Gasteiger partial charge in [0.05, 0.1) is 20.7 Å². The number of hydrogen-bond acceptors (Lipinski definition) is 3. The molecule has 3 nitrogen and oxygen atoms in total. The molecule has 0 bridgehead atoms. The van der Waals surface area contributed by atoms with Crippen LogP contribution in [0.5, 0.6) is 0 Å². The first-order valence-corrected chi connectivity index (χ1v) is 4.71. The first kappa shape index (κ1) is 8.47. The quantitative estimate of drug-likeness (QED) is 0.792. The topological polar surface area (TPSA) is 50.2 Å². The Kier molecular flexibility index (Phi) is 1.94. The third-order valence-corrected chi connectivity index (χ3v) is 2.77. The summed E-state index contributed by atoms with van der Waals surface area (Å²) in [6.07, 6.45) is 0. The number of carboxylic acid groups (broad SMARTS) is 1. The molecule has 0 saturated heterocycles. The van der Waals surface area contributed by atoms with Gasteiger partial charge in [0.2, 0.25) is 0 Å². The van der Waals surface area contributed by atoms with Crippen molar-refractivity contribution in [1.29, 1.82) is 0 Å². The maximum Gasteiger partial charge on any atom is 0.339 e. The lowest BCUT2D eigenvalue weighted by molar-refractivity contribution is 0.0699. The molecule has 5 heteroatoms. The second kappa shape index (κ2) is 2.97. The standard InChI is InChI=1S/C8H4ClNO2S/c9-4-1-2-5-7(10-3-13-5)6(4)8(11)12/h1-3H,(H,11,12). The Balaban J connectivity index is 2.88. The zero-order valence-electron chi connectivity index (χ0n) is 6.32. The minimum Gasteiger partial charge on any atom is -0.478 e. The van der Waals surface area contributed by atoms with Crippen LogP contribution in [0.1, 0.15) is 10.4 Å². The van der Waals surface area contributed by atoms with Gasteiger partial charge in [-0.3, -0.25) is 0 Å². The molecule has 0 fully saturated rings. The van der Waals surface area contributed by atoms with Crippen LogP contribution in [0.25, 0.3) is 10.2 Å². The molecule has 0 aliphatic heterocycles. The Morgan fingerprint density at radius 1 is 1.54 bits per heavy atom. The first-order chi connectivity index (χ1) is 6.20. The number of hydrogen-bond donors (Lipinski definition) is 1. The largest absolute Gasteiger partial charge is 0.478 e. The molecule has 1 N–H and O–H groups in total. The number of thiazole rings is 1. The van der Waals surface area contributed by atoms with Gasteiger partial charge in [0, 0.05) is 0 Å². The summed E-state index contributed by atoms with van der Waals surface area (Å²) in [4.78, 5) is 14.8. The van der Waals surface area contributed by atoms with E-state index in [0.29, 0.717) is 5.52 Å². The molecule has 0 spiro atoms. The molecule has 1 aromatic carbocycles. The molecule has 0 unspecified atom stereocenters. The van der Waals surface area contributed by atoms with Crippen molar-refractivity contribution in [1.82, 2.24) is 4.98 Å². The van der Waals surface area contributed by atoms with E-state index in [4.69, 9.17) is 16.7 Å². The highest BCUT2D eigenvalue weighted by Gasteiger charge is 2.14. The van der Waals surface area contributed by atoms with Crippen LogP contribution in [0, 0.1) is 0 Å². The first-order valence-electron chi connectivity index (χ1n) is 3.45. The van der Waals surface area contributed by atoms with Crippen molar-refractivity contribution in [3.63, 3.8) is 0 Å². The number of fused-ring (bicyclic) bond motifs is 1. The SMILES string of the molecule is O=C(O)c1c(Cl)ccc2scnc12. The Hall–Kier alpha value is -1.13. The lowest BCUT2D eigenvalue weighted by Gasteiger charge is -1.98. The van der Waals surface area contributed by atoms with E-state index >= 15 is 0 Å². The summed E-state index contributed by atoms with van der Waals surface area (Å²) in [6.45, 7) is 0. The fourth-order valence-corrected chi connectivity index (χ4v) is 2.03. The third-order valence-electron chi connectivity index (χ3n) is 1.67. The van der Waals surface area contributed by atoms with E-state index in [1.54, 1.807) is 17.6 Å². The smallest absolute Gasteiger partial charge is 0.339 e. The molecule has 0 aliphatic carbocycles. The Labute approximate surface area is 82.6 Å². The number of aromatic nitrogens is 1. The monoisotopic (exact) mass is 213 g/mol. The van der Waals surface area contributed by atoms with Crippen molar-refractivity contribution in [3.8, 4) is 0 Å². The van der Waals surface area contributed by atoms with Crippen molar-refractivity contribution in [3.05, 3.63) is 28.2 Å². The highest BCUT2D eigenvalue weighted by Crippen LogP contribution is 2.27. The summed E-state index contributed by atoms with van der Waals surface area (Å²) in [5.41, 5.74) is 2.15. The van der Waals surface area contributed by atoms with E-state index in [2.05, 4.69) is 4.98 Å². The van der Waals surface area contributed by atoms with Crippen LogP contribution in [-0.4, -0.2) is 16.1 Å². The van der Waals surface area contributed by atoms with Gasteiger partial charge in [0.15, 0.2) is 0 Å². The van der Waals surface area contributed by atoms with Gasteiger partial charge >= 0.3 is 5.97 Å². The van der Waals surface area contributed by atoms with E-state index in [-0.39, 0.29) is 10.6 Å². The van der Waals surface area contributed by atoms with Crippen LogP contribution < -0.4 is 0 Å². The molecule has 0 amide bonds. The molecule has 0 aliphatic rings. The maximum absolute atomic E-state index is 10.8. The molecule has 2 rings (SSSR count). The van der Waals surface area contributed by atoms with E-state index in [0.717, 1.165) is 4.70 Å². The van der Waals surface area contributed by atoms with Gasteiger partial charge in [0.1, 0.15) is 5.56 Å². The van der Waals surface area contributed by atoms with Crippen molar-refractivity contribution in [2.24, 2.45) is 0 Å². The van der Waals surface area contributed by atoms with Crippen LogP contribution in [0.15, 0.2) is 17.6 Å². The fraction of sp³-hybridized carbons (Fsp3) is 0. The minimum absolute atomic E-state index is 0.0837. The van der Waals surface area contributed by atoms with Crippen molar-refractivity contribution < 1.29 is 9.90 Å². The summed E-state index contributed by atoms with van der Waals surface area (Å²) < 4.78 is 0.835. The van der Waals surface area contributed by atoms with Crippen LogP contribution in [0.4, 0.5) is 0 Å². The molecule has 66 valence electrons. The van der Waals surface area contributed by atoms with Crippen LogP contribution in [0.3, 0.4) is 0 Å². The molecule has 1 aromatic heterocycles. The van der Waals surface area contributed by atoms with Gasteiger partial charge in [-0.15, -0.1) is 11.3 Å². The highest BCUT2D eigenvalue weighted by atomic mass is 35.5. The average molecular weight is 214 g/mol. The summed E-state index contributed by atoms with van der Waals surface area (Å²) in [5, 5.41) is 9.09. The maximum atomic E-state index is 10.8. The number of halogens is 1. The van der Waals surface area contributed by atoms with Gasteiger partial charge in [-0.1, -0.05) is 11.6 Å². The summed E-state index contributed by atoms with van der Waals surface area (Å²) >= 11 is 7.13. The lowest BCUT2D eigenvalue weighted by Crippen LogP contribution is -1.98. The zero-order valence-corrected chi connectivity index (χ0v) is 7.89. The molecule has 2 aromatic rings. The van der Waals surface area contributed by atoms with Gasteiger partial charge in [-0.05, 0) is 12.1 Å². The summed E-state index contributed by atoms with van der Waals surface area (Å²) in [5.74, 6) is -1.04. The average Bonchev–Trinajstić information content (AvgIpc) is 2.50. The van der Waals surface area contributed by atoms with E-state index in [1.807, 2.05) is 0 Å². The van der Waals surface area contributed by atoms with E-state index < -0.39 is 5.97 Å². The van der Waals surface area contributed by atoms with Gasteiger partial charge in [-0.2, -0.15) is 0 Å². The van der Waals surface area contributed by atoms with Gasteiger partial charge in [0.25, 0.3) is 0 Å². The zero-order chi connectivity index (χ0) is 9.42. The van der Waals surface area contributed by atoms with Crippen LogP contribution >= 0.6 is 22.9 Å². The molecule has 1 heterocycles. The molecular formula is C8H4ClNO2S. The van der Waals surface area contributed by atoms with Gasteiger partial charge < -0.3 is 5.11 Å². The van der Waals surface area contributed by atoms with E-state index in [1.165, 1.54) is 11.3 Å². The third kappa shape index (κ3) is 1.28. The molecule has 0 saturated carbocycles. The Bertz CT molecular complexity index is 480. The normalized spacial score (nSPS) is 10.5. The second-order valence-corrected chi connectivity index (χ2v) is 3.72. The summed E-state index contributed by atoms with van der Waals surface area (Å²) in [7, 11) is 0. The lowest BCUT2D eigenvalue weighted by atomic mass is 10.2. The minimum atomic E-state index is -1.04. The van der Waals surface area contributed by atoms with Crippen molar-refractivity contribution >= 4 is 39.1 Å². The fourth-order valence-electron chi connectivity index (χ4n) is 1.11. The van der Waals surface area contributed by atoms with E-state index in [9.17, 15) is 4.79 Å². The number of benzene rings is 1. The molecular weight excluding hydrogens is 210 g/mol. The highest BCUT2D eigenvalue weighted by molar-refractivity contribution is 7.16. The molecule has 0 atom stereocenters. The predicted octanol–water partition coefficient (Wildman–Crippen LogP) is 2.65. The summed E-state index contributed by atoms with van der Waals surface area (Å²) in [6, 6.07) is 3.34. The van der Waals surface area contributed by atoms with Crippen molar-refractivity contribution in [2.75, 3.05) is 0 Å². The number of rotatable bonds is 1. The van der Waals surface area contributed by atoms with Crippen LogP contribution in [-0.2, 0) is 0 Å². The molecule has 13 heavy (non-hydrogen) atoms. The Morgan fingerprint density at radius 2 is 2.31 bits per heavy atom. The predicted molar refractivity (Wildman–Crippen MR) is 51.6 cm³/mol. The number of aromatic carboxylic acids is 1. The number of carbonyl (C=O) groups is 1. The molecule has 0 radical (unpaired) electrons. The number of nitrogens with zero attached hydrogens (tertiary/aromatic N) is 1. The number of carboxylic acids is 1. The second-order valence-electron chi connectivity index (χ2n) is 2.43. The Morgan fingerprint density at radius 3 is 3.00 bits per heavy atom. The van der Waals surface area contributed by atoms with Gasteiger partial charge in [-0.25, -0.2) is 9.78 Å². The van der Waals surface area contributed by atoms with Crippen molar-refractivity contribution in [2.45, 2.75) is 0 Å². The van der Waals surface area contributed by atoms with Crippen LogP contribution in [0.2, 0.25) is 5.02 Å².